The van der Waals surface area contributed by atoms with Crippen molar-refractivity contribution in [3.63, 3.8) is 0 Å². The molecule has 104 valence electrons. The van der Waals surface area contributed by atoms with Gasteiger partial charge in [0.15, 0.2) is 0 Å². The second-order valence-electron chi connectivity index (χ2n) is 5.07. The maximum Gasteiger partial charge on any atom is 0.220 e. The number of halogens is 1. The third-order valence-electron chi connectivity index (χ3n) is 3.49. The molecule has 0 bridgehead atoms. The van der Waals surface area contributed by atoms with E-state index in [4.69, 9.17) is 11.6 Å². The van der Waals surface area contributed by atoms with Gasteiger partial charge in [-0.2, -0.15) is 0 Å². The Morgan fingerprint density at radius 1 is 1.26 bits per heavy atom. The molecular weight excluding hydrogens is 260 g/mol. The van der Waals surface area contributed by atoms with Crippen LogP contribution in [0.1, 0.15) is 31.2 Å². The molecule has 1 heterocycles. The maximum atomic E-state index is 11.8. The van der Waals surface area contributed by atoms with Gasteiger partial charge in [0, 0.05) is 17.5 Å². The lowest BCUT2D eigenvalue weighted by molar-refractivity contribution is -0.122. The fourth-order valence-electron chi connectivity index (χ4n) is 2.37. The zero-order chi connectivity index (χ0) is 13.5. The molecule has 1 aromatic carbocycles. The van der Waals surface area contributed by atoms with E-state index < -0.39 is 0 Å². The summed E-state index contributed by atoms with van der Waals surface area (Å²) in [6.45, 7) is 2.02. The largest absolute Gasteiger partial charge is 0.353 e. The highest BCUT2D eigenvalue weighted by Gasteiger charge is 2.14. The summed E-state index contributed by atoms with van der Waals surface area (Å²) in [5.41, 5.74) is 1.24. The van der Waals surface area contributed by atoms with Crippen LogP contribution < -0.4 is 10.6 Å². The van der Waals surface area contributed by atoms with E-state index in [9.17, 15) is 4.79 Å². The quantitative estimate of drug-likeness (QED) is 0.870. The molecule has 2 N–H and O–H groups in total. The second kappa shape index (κ2) is 7.51. The molecule has 1 fully saturated rings. The highest BCUT2D eigenvalue weighted by molar-refractivity contribution is 6.30. The molecule has 0 aromatic heterocycles. The Kier molecular flexibility index (Phi) is 5.67. The van der Waals surface area contributed by atoms with Crippen LogP contribution in [0, 0.1) is 0 Å². The van der Waals surface area contributed by atoms with Crippen LogP contribution >= 0.6 is 11.6 Å². The van der Waals surface area contributed by atoms with E-state index in [1.165, 1.54) is 5.56 Å². The van der Waals surface area contributed by atoms with E-state index in [1.54, 1.807) is 0 Å². The van der Waals surface area contributed by atoms with Crippen molar-refractivity contribution in [3.8, 4) is 0 Å². The lowest BCUT2D eigenvalue weighted by atomic mass is 10.1. The number of rotatable bonds is 5. The molecule has 0 aliphatic carbocycles. The maximum absolute atomic E-state index is 11.8. The zero-order valence-electron chi connectivity index (χ0n) is 11.1. The van der Waals surface area contributed by atoms with Gasteiger partial charge in [0.2, 0.25) is 5.91 Å². The molecule has 1 aliphatic heterocycles. The van der Waals surface area contributed by atoms with Crippen LogP contribution in [0.25, 0.3) is 0 Å². The second-order valence-corrected chi connectivity index (χ2v) is 5.51. The molecule has 0 atom stereocenters. The number of aryl methyl sites for hydroxylation is 1. The van der Waals surface area contributed by atoms with Crippen LogP contribution in [-0.2, 0) is 11.2 Å². The molecule has 0 unspecified atom stereocenters. The van der Waals surface area contributed by atoms with E-state index >= 15 is 0 Å². The third kappa shape index (κ3) is 5.21. The molecule has 3 nitrogen and oxygen atoms in total. The number of nitrogens with one attached hydrogen (secondary N) is 2. The number of benzene rings is 1. The van der Waals surface area contributed by atoms with Gasteiger partial charge < -0.3 is 10.6 Å². The molecule has 4 heteroatoms. The SMILES string of the molecule is O=C(CCCc1ccc(Cl)cc1)NC1CCNCC1. The summed E-state index contributed by atoms with van der Waals surface area (Å²) in [6, 6.07) is 8.20. The Morgan fingerprint density at radius 2 is 1.95 bits per heavy atom. The van der Waals surface area contributed by atoms with Crippen molar-refractivity contribution in [1.29, 1.82) is 0 Å². The summed E-state index contributed by atoms with van der Waals surface area (Å²) in [5.74, 6) is 0.181. The summed E-state index contributed by atoms with van der Waals surface area (Å²) in [4.78, 5) is 11.8. The van der Waals surface area contributed by atoms with Crippen molar-refractivity contribution in [3.05, 3.63) is 34.9 Å². The smallest absolute Gasteiger partial charge is 0.220 e. The Balaban J connectivity index is 1.64. The predicted molar refractivity (Wildman–Crippen MR) is 78.4 cm³/mol. The fourth-order valence-corrected chi connectivity index (χ4v) is 2.50. The summed E-state index contributed by atoms with van der Waals surface area (Å²) < 4.78 is 0. The Labute approximate surface area is 119 Å². The van der Waals surface area contributed by atoms with Crippen molar-refractivity contribution >= 4 is 17.5 Å². The molecule has 19 heavy (non-hydrogen) atoms. The van der Waals surface area contributed by atoms with Crippen molar-refractivity contribution in [2.24, 2.45) is 0 Å². The number of carbonyl (C=O) groups excluding carboxylic acids is 1. The summed E-state index contributed by atoms with van der Waals surface area (Å²) >= 11 is 5.84. The topological polar surface area (TPSA) is 41.1 Å². The van der Waals surface area contributed by atoms with Gasteiger partial charge in [-0.15, -0.1) is 0 Å². The Bertz CT molecular complexity index is 399. The highest BCUT2D eigenvalue weighted by atomic mass is 35.5. The van der Waals surface area contributed by atoms with Crippen molar-refractivity contribution in [2.45, 2.75) is 38.1 Å². The van der Waals surface area contributed by atoms with Crippen LogP contribution in [-0.4, -0.2) is 25.0 Å². The van der Waals surface area contributed by atoms with Crippen molar-refractivity contribution < 1.29 is 4.79 Å². The first-order valence-corrected chi connectivity index (χ1v) is 7.36. The molecule has 0 saturated carbocycles. The van der Waals surface area contributed by atoms with Gasteiger partial charge in [0.25, 0.3) is 0 Å². The molecule has 0 spiro atoms. The van der Waals surface area contributed by atoms with Gasteiger partial charge >= 0.3 is 0 Å². The summed E-state index contributed by atoms with van der Waals surface area (Å²) in [6.07, 6.45) is 4.51. The van der Waals surface area contributed by atoms with Gasteiger partial charge in [0.1, 0.15) is 0 Å². The van der Waals surface area contributed by atoms with Crippen LogP contribution in [0.5, 0.6) is 0 Å². The molecule has 0 radical (unpaired) electrons. The van der Waals surface area contributed by atoms with Crippen molar-refractivity contribution in [2.75, 3.05) is 13.1 Å². The molecule has 2 rings (SSSR count). The third-order valence-corrected chi connectivity index (χ3v) is 3.74. The molecule has 1 aromatic rings. The molecule has 1 saturated heterocycles. The minimum absolute atomic E-state index is 0.181. The predicted octanol–water partition coefficient (Wildman–Crippen LogP) is 2.53. The fraction of sp³-hybridized carbons (Fsp3) is 0.533. The van der Waals surface area contributed by atoms with E-state index in [2.05, 4.69) is 10.6 Å². The average molecular weight is 281 g/mol. The highest BCUT2D eigenvalue weighted by Crippen LogP contribution is 2.11. The molecule has 1 amide bonds. The van der Waals surface area contributed by atoms with Crippen molar-refractivity contribution in [1.82, 2.24) is 10.6 Å². The van der Waals surface area contributed by atoms with Gasteiger partial charge in [0.05, 0.1) is 0 Å². The van der Waals surface area contributed by atoms with Crippen LogP contribution in [0.3, 0.4) is 0 Å². The molecular formula is C15H21ClN2O. The first kappa shape index (κ1) is 14.4. The number of piperidine rings is 1. The zero-order valence-corrected chi connectivity index (χ0v) is 11.9. The summed E-state index contributed by atoms with van der Waals surface area (Å²) in [5, 5.41) is 7.17. The summed E-state index contributed by atoms with van der Waals surface area (Å²) in [7, 11) is 0. The normalized spacial score (nSPS) is 16.3. The monoisotopic (exact) mass is 280 g/mol. The lowest BCUT2D eigenvalue weighted by Crippen LogP contribution is -2.42. The van der Waals surface area contributed by atoms with Gasteiger partial charge in [-0.3, -0.25) is 4.79 Å². The van der Waals surface area contributed by atoms with Crippen LogP contribution in [0.4, 0.5) is 0 Å². The van der Waals surface area contributed by atoms with E-state index in [0.29, 0.717) is 12.5 Å². The van der Waals surface area contributed by atoms with Gasteiger partial charge in [-0.1, -0.05) is 23.7 Å². The Hall–Kier alpha value is -1.06. The van der Waals surface area contributed by atoms with E-state index in [0.717, 1.165) is 43.8 Å². The minimum atomic E-state index is 0.181. The van der Waals surface area contributed by atoms with Crippen LogP contribution in [0.15, 0.2) is 24.3 Å². The first-order valence-electron chi connectivity index (χ1n) is 6.98. The van der Waals surface area contributed by atoms with E-state index in [-0.39, 0.29) is 5.91 Å². The number of hydrogen-bond donors (Lipinski definition) is 2. The lowest BCUT2D eigenvalue weighted by Gasteiger charge is -2.23. The number of amides is 1. The van der Waals surface area contributed by atoms with Crippen LogP contribution in [0.2, 0.25) is 5.02 Å². The standard InChI is InChI=1S/C15H21ClN2O/c16-13-6-4-12(5-7-13)2-1-3-15(19)18-14-8-10-17-11-9-14/h4-7,14,17H,1-3,8-11H2,(H,18,19). The van der Waals surface area contributed by atoms with E-state index in [1.807, 2.05) is 24.3 Å². The molecule has 1 aliphatic rings. The number of hydrogen-bond acceptors (Lipinski definition) is 2. The minimum Gasteiger partial charge on any atom is -0.353 e. The van der Waals surface area contributed by atoms with Gasteiger partial charge in [-0.25, -0.2) is 0 Å². The van der Waals surface area contributed by atoms with Gasteiger partial charge in [-0.05, 0) is 56.5 Å². The average Bonchev–Trinajstić information content (AvgIpc) is 2.42. The Morgan fingerprint density at radius 3 is 2.63 bits per heavy atom. The number of carbonyl (C=O) groups is 1. The first-order chi connectivity index (χ1) is 9.24.